The van der Waals surface area contributed by atoms with Crippen LogP contribution in [0.4, 0.5) is 5.69 Å². The first-order chi connectivity index (χ1) is 11.8. The van der Waals surface area contributed by atoms with Crippen molar-refractivity contribution in [2.24, 2.45) is 0 Å². The van der Waals surface area contributed by atoms with Crippen molar-refractivity contribution in [2.75, 3.05) is 11.9 Å². The van der Waals surface area contributed by atoms with Gasteiger partial charge in [0.15, 0.2) is 0 Å². The van der Waals surface area contributed by atoms with Crippen molar-refractivity contribution < 1.29 is 0 Å². The summed E-state index contributed by atoms with van der Waals surface area (Å²) in [6, 6.07) is 16.8. The van der Waals surface area contributed by atoms with Gasteiger partial charge < -0.3 is 4.90 Å². The van der Waals surface area contributed by atoms with E-state index in [0.717, 1.165) is 21.8 Å². The summed E-state index contributed by atoms with van der Waals surface area (Å²) in [5, 5.41) is 1.07. The minimum Gasteiger partial charge on any atom is -0.351 e. The molecule has 0 atom stereocenters. The molecule has 3 heteroatoms. The second-order valence-corrected chi connectivity index (χ2v) is 6.43. The van der Waals surface area contributed by atoms with Gasteiger partial charge in [0.25, 0.3) is 0 Å². The highest BCUT2D eigenvalue weighted by atomic mass is 32.1. The highest BCUT2D eigenvalue weighted by Crippen LogP contribution is 2.30. The lowest BCUT2D eigenvalue weighted by Crippen LogP contribution is -2.06. The Labute approximate surface area is 147 Å². The summed E-state index contributed by atoms with van der Waals surface area (Å²) in [5.74, 6) is 0. The fourth-order valence-corrected chi connectivity index (χ4v) is 3.31. The number of thiazole rings is 1. The molecule has 0 amide bonds. The molecule has 1 heterocycles. The summed E-state index contributed by atoms with van der Waals surface area (Å²) in [6.45, 7) is 2.01. The monoisotopic (exact) mass is 332 g/mol. The van der Waals surface area contributed by atoms with Crippen LogP contribution >= 0.6 is 11.3 Å². The molecule has 0 saturated heterocycles. The molecule has 0 fully saturated rings. The smallest absolute Gasteiger partial charge is 0.124 e. The SMILES string of the molecule is C\C=C/C=C\C=C\N(C)c1ccc(-c2nc3ccccc3s2)cc1. The number of fused-ring (bicyclic) bond motifs is 1. The first-order valence-electron chi connectivity index (χ1n) is 7.93. The Morgan fingerprint density at radius 1 is 0.917 bits per heavy atom. The molecule has 2 aromatic carbocycles. The quantitative estimate of drug-likeness (QED) is 0.529. The van der Waals surface area contributed by atoms with E-state index in [9.17, 15) is 0 Å². The molecule has 0 radical (unpaired) electrons. The Morgan fingerprint density at radius 3 is 2.42 bits per heavy atom. The second kappa shape index (κ2) is 7.75. The van der Waals surface area contributed by atoms with Crippen LogP contribution in [0.1, 0.15) is 6.92 Å². The van der Waals surface area contributed by atoms with Crippen molar-refractivity contribution in [3.8, 4) is 10.6 Å². The van der Waals surface area contributed by atoms with Crippen molar-refractivity contribution in [1.29, 1.82) is 0 Å². The van der Waals surface area contributed by atoms with E-state index in [4.69, 9.17) is 4.98 Å². The van der Waals surface area contributed by atoms with Gasteiger partial charge in [-0.05, 0) is 49.4 Å². The van der Waals surface area contributed by atoms with Crippen LogP contribution in [0.25, 0.3) is 20.8 Å². The van der Waals surface area contributed by atoms with Gasteiger partial charge in [0.05, 0.1) is 10.2 Å². The van der Waals surface area contributed by atoms with Crippen LogP contribution in [-0.4, -0.2) is 12.0 Å². The van der Waals surface area contributed by atoms with Gasteiger partial charge in [-0.25, -0.2) is 4.98 Å². The molecule has 0 aliphatic heterocycles. The van der Waals surface area contributed by atoms with E-state index in [-0.39, 0.29) is 0 Å². The van der Waals surface area contributed by atoms with Gasteiger partial charge in [-0.15, -0.1) is 11.3 Å². The summed E-state index contributed by atoms with van der Waals surface area (Å²) in [5.41, 5.74) is 3.37. The van der Waals surface area contributed by atoms with Crippen molar-refractivity contribution in [3.05, 3.63) is 85.1 Å². The number of hydrogen-bond acceptors (Lipinski definition) is 3. The number of benzene rings is 2. The fraction of sp³-hybridized carbons (Fsp3) is 0.0952. The number of aromatic nitrogens is 1. The molecule has 0 spiro atoms. The average Bonchev–Trinajstić information content (AvgIpc) is 3.05. The largest absolute Gasteiger partial charge is 0.351 e. The number of hydrogen-bond donors (Lipinski definition) is 0. The van der Waals surface area contributed by atoms with Gasteiger partial charge >= 0.3 is 0 Å². The maximum absolute atomic E-state index is 4.71. The second-order valence-electron chi connectivity index (χ2n) is 5.40. The summed E-state index contributed by atoms with van der Waals surface area (Å²) in [6.07, 6.45) is 12.1. The Balaban J connectivity index is 1.75. The van der Waals surface area contributed by atoms with Gasteiger partial charge in [0.2, 0.25) is 0 Å². The molecular formula is C21H20N2S. The first kappa shape index (κ1) is 16.2. The number of allylic oxidation sites excluding steroid dienone is 5. The molecule has 0 aliphatic rings. The minimum absolute atomic E-state index is 1.06. The van der Waals surface area contributed by atoms with E-state index in [2.05, 4.69) is 47.4 Å². The molecule has 2 nitrogen and oxygen atoms in total. The van der Waals surface area contributed by atoms with Crippen LogP contribution in [0.3, 0.4) is 0 Å². The van der Waals surface area contributed by atoms with Crippen molar-refractivity contribution >= 4 is 27.2 Å². The fourth-order valence-electron chi connectivity index (χ4n) is 2.34. The molecule has 0 saturated carbocycles. The zero-order valence-corrected chi connectivity index (χ0v) is 14.7. The minimum atomic E-state index is 1.06. The molecule has 0 N–H and O–H groups in total. The van der Waals surface area contributed by atoms with Crippen molar-refractivity contribution in [3.63, 3.8) is 0 Å². The zero-order valence-electron chi connectivity index (χ0n) is 13.9. The Bertz CT molecular complexity index is 853. The maximum atomic E-state index is 4.71. The zero-order chi connectivity index (χ0) is 16.8. The van der Waals surface area contributed by atoms with E-state index in [1.165, 1.54) is 4.70 Å². The first-order valence-corrected chi connectivity index (χ1v) is 8.74. The Morgan fingerprint density at radius 2 is 1.67 bits per heavy atom. The third-order valence-electron chi connectivity index (χ3n) is 3.65. The van der Waals surface area contributed by atoms with E-state index in [1.807, 2.05) is 56.6 Å². The Hall–Kier alpha value is -2.65. The normalized spacial score (nSPS) is 12.1. The van der Waals surface area contributed by atoms with Gasteiger partial charge in [0.1, 0.15) is 5.01 Å². The third kappa shape index (κ3) is 3.81. The third-order valence-corrected chi connectivity index (χ3v) is 4.74. The lowest BCUT2D eigenvalue weighted by atomic mass is 10.2. The molecular weight excluding hydrogens is 312 g/mol. The van der Waals surface area contributed by atoms with Gasteiger partial charge in [0, 0.05) is 24.5 Å². The van der Waals surface area contributed by atoms with Crippen LogP contribution in [0.15, 0.2) is 85.1 Å². The van der Waals surface area contributed by atoms with E-state index >= 15 is 0 Å². The van der Waals surface area contributed by atoms with Crippen LogP contribution in [0.5, 0.6) is 0 Å². The molecule has 3 aromatic rings. The van der Waals surface area contributed by atoms with Crippen LogP contribution in [0.2, 0.25) is 0 Å². The lowest BCUT2D eigenvalue weighted by molar-refractivity contribution is 1.20. The van der Waals surface area contributed by atoms with Crippen molar-refractivity contribution in [1.82, 2.24) is 4.98 Å². The summed E-state index contributed by atoms with van der Waals surface area (Å²) in [7, 11) is 2.05. The summed E-state index contributed by atoms with van der Waals surface area (Å²) >= 11 is 1.73. The van der Waals surface area contributed by atoms with E-state index in [1.54, 1.807) is 11.3 Å². The number of anilines is 1. The van der Waals surface area contributed by atoms with E-state index in [0.29, 0.717) is 0 Å². The lowest BCUT2D eigenvalue weighted by Gasteiger charge is -2.13. The molecule has 0 bridgehead atoms. The molecule has 0 unspecified atom stereocenters. The van der Waals surface area contributed by atoms with Gasteiger partial charge in [-0.2, -0.15) is 0 Å². The maximum Gasteiger partial charge on any atom is 0.124 e. The predicted octanol–water partition coefficient (Wildman–Crippen LogP) is 6.05. The molecule has 3 rings (SSSR count). The number of para-hydroxylation sites is 1. The molecule has 24 heavy (non-hydrogen) atoms. The number of nitrogens with zero attached hydrogens (tertiary/aromatic N) is 2. The molecule has 0 aliphatic carbocycles. The molecule has 1 aromatic heterocycles. The van der Waals surface area contributed by atoms with Crippen LogP contribution in [0, 0.1) is 0 Å². The topological polar surface area (TPSA) is 16.1 Å². The highest BCUT2D eigenvalue weighted by Gasteiger charge is 2.06. The predicted molar refractivity (Wildman–Crippen MR) is 107 cm³/mol. The molecule has 120 valence electrons. The van der Waals surface area contributed by atoms with E-state index < -0.39 is 0 Å². The standard InChI is InChI=1S/C21H20N2S/c1-3-4-5-6-9-16-23(2)18-14-12-17(13-15-18)21-22-19-10-7-8-11-20(19)24-21/h3-16H,1-2H3/b4-3-,6-5-,16-9+. The van der Waals surface area contributed by atoms with Crippen molar-refractivity contribution in [2.45, 2.75) is 6.92 Å². The summed E-state index contributed by atoms with van der Waals surface area (Å²) < 4.78 is 1.23. The van der Waals surface area contributed by atoms with Gasteiger partial charge in [-0.3, -0.25) is 0 Å². The Kier molecular flexibility index (Phi) is 5.24. The highest BCUT2D eigenvalue weighted by molar-refractivity contribution is 7.21. The van der Waals surface area contributed by atoms with Gasteiger partial charge in [-0.1, -0.05) is 36.4 Å². The van der Waals surface area contributed by atoms with Crippen LogP contribution < -0.4 is 4.90 Å². The number of rotatable bonds is 5. The average molecular weight is 332 g/mol. The van der Waals surface area contributed by atoms with Crippen LogP contribution in [-0.2, 0) is 0 Å². The summed E-state index contributed by atoms with van der Waals surface area (Å²) in [4.78, 5) is 6.81.